The van der Waals surface area contributed by atoms with Crippen LogP contribution >= 0.6 is 11.3 Å². The topological polar surface area (TPSA) is 69.8 Å². The van der Waals surface area contributed by atoms with Crippen LogP contribution in [0.3, 0.4) is 0 Å². The Labute approximate surface area is 178 Å². The second kappa shape index (κ2) is 8.00. The number of carbonyl (C=O) groups is 1. The summed E-state index contributed by atoms with van der Waals surface area (Å²) in [5, 5.41) is 8.98. The van der Waals surface area contributed by atoms with Crippen molar-refractivity contribution in [3.05, 3.63) is 84.2 Å². The number of thiophene rings is 1. The van der Waals surface area contributed by atoms with Gasteiger partial charge in [-0.1, -0.05) is 24.3 Å². The molecule has 2 amide bonds. The number of urea groups is 1. The van der Waals surface area contributed by atoms with E-state index in [0.29, 0.717) is 0 Å². The third kappa shape index (κ3) is 3.65. The number of nitrogens with one attached hydrogen (secondary N) is 3. The zero-order chi connectivity index (χ0) is 20.3. The fraction of sp³-hybridized carbons (Fsp3) is 0.0833. The lowest BCUT2D eigenvalue weighted by molar-refractivity contribution is 0.254. The maximum Gasteiger partial charge on any atom is 0.323 e. The van der Waals surface area contributed by atoms with Crippen molar-refractivity contribution in [1.82, 2.24) is 15.3 Å². The normalized spacial score (nSPS) is 13.3. The number of anilines is 1. The summed E-state index contributed by atoms with van der Waals surface area (Å²) in [6, 6.07) is 14.0. The standard InChI is InChI=1S/C24H20N4OS/c29-24(27-17-4-2-1-3-5-17)28-18-8-6-16(7-9-18)19-12-15-30-22(19)20-10-13-25-23-21(20)11-14-26-23/h2,4-15H,1,3H2,(H,25,26)(H2,27,28,29). The van der Waals surface area contributed by atoms with Gasteiger partial charge in [-0.25, -0.2) is 9.78 Å². The van der Waals surface area contributed by atoms with E-state index in [0.717, 1.165) is 40.8 Å². The molecule has 0 bridgehead atoms. The average molecular weight is 413 g/mol. The van der Waals surface area contributed by atoms with Gasteiger partial charge in [0.25, 0.3) is 0 Å². The lowest BCUT2D eigenvalue weighted by Gasteiger charge is -2.11. The lowest BCUT2D eigenvalue weighted by Crippen LogP contribution is -2.27. The molecule has 3 N–H and O–H groups in total. The van der Waals surface area contributed by atoms with E-state index in [9.17, 15) is 4.79 Å². The Hall–Kier alpha value is -3.64. The first-order valence-corrected chi connectivity index (χ1v) is 10.7. The molecule has 3 aromatic heterocycles. The first kappa shape index (κ1) is 18.4. The number of fused-ring (bicyclic) bond motifs is 1. The summed E-state index contributed by atoms with van der Waals surface area (Å²) in [5.41, 5.74) is 5.93. The first-order valence-electron chi connectivity index (χ1n) is 9.83. The number of aromatic nitrogens is 2. The number of rotatable bonds is 4. The van der Waals surface area contributed by atoms with E-state index in [1.54, 1.807) is 11.3 Å². The Morgan fingerprint density at radius 3 is 2.73 bits per heavy atom. The van der Waals surface area contributed by atoms with Crippen LogP contribution in [0.2, 0.25) is 0 Å². The van der Waals surface area contributed by atoms with E-state index in [1.165, 1.54) is 16.0 Å². The van der Waals surface area contributed by atoms with Crippen molar-refractivity contribution < 1.29 is 4.79 Å². The van der Waals surface area contributed by atoms with Gasteiger partial charge in [0.15, 0.2) is 0 Å². The second-order valence-corrected chi connectivity index (χ2v) is 7.97. The van der Waals surface area contributed by atoms with Crippen LogP contribution in [-0.2, 0) is 0 Å². The molecule has 1 aliphatic rings. The first-order chi connectivity index (χ1) is 14.8. The minimum atomic E-state index is -0.233. The Morgan fingerprint density at radius 1 is 1.00 bits per heavy atom. The number of hydrogen-bond donors (Lipinski definition) is 3. The van der Waals surface area contributed by atoms with Crippen LogP contribution in [-0.4, -0.2) is 16.0 Å². The summed E-state index contributed by atoms with van der Waals surface area (Å²) < 4.78 is 0. The van der Waals surface area contributed by atoms with E-state index >= 15 is 0 Å². The molecule has 0 saturated heterocycles. The average Bonchev–Trinajstić information content (AvgIpc) is 3.44. The molecule has 4 aromatic rings. The number of benzene rings is 1. The number of H-pyrrole nitrogens is 1. The summed E-state index contributed by atoms with van der Waals surface area (Å²) in [7, 11) is 0. The van der Waals surface area contributed by atoms with E-state index in [1.807, 2.05) is 48.8 Å². The smallest absolute Gasteiger partial charge is 0.323 e. The Kier molecular flexibility index (Phi) is 4.91. The highest BCUT2D eigenvalue weighted by Crippen LogP contribution is 2.39. The molecule has 30 heavy (non-hydrogen) atoms. The van der Waals surface area contributed by atoms with Crippen molar-refractivity contribution >= 4 is 34.1 Å². The molecular weight excluding hydrogens is 392 g/mol. The molecule has 5 rings (SSSR count). The third-order valence-corrected chi connectivity index (χ3v) is 6.02. The molecule has 1 aromatic carbocycles. The van der Waals surface area contributed by atoms with Crippen molar-refractivity contribution in [2.24, 2.45) is 0 Å². The van der Waals surface area contributed by atoms with Crippen LogP contribution in [0.15, 0.2) is 84.2 Å². The van der Waals surface area contributed by atoms with Gasteiger partial charge in [-0.2, -0.15) is 0 Å². The number of aromatic amines is 1. The molecule has 0 atom stereocenters. The molecule has 0 aliphatic heterocycles. The number of nitrogens with zero attached hydrogens (tertiary/aromatic N) is 1. The third-order valence-electron chi connectivity index (χ3n) is 5.08. The fourth-order valence-electron chi connectivity index (χ4n) is 3.64. The molecule has 5 nitrogen and oxygen atoms in total. The molecule has 148 valence electrons. The van der Waals surface area contributed by atoms with Crippen LogP contribution in [0, 0.1) is 0 Å². The highest BCUT2D eigenvalue weighted by Gasteiger charge is 2.13. The maximum atomic E-state index is 12.2. The fourth-order valence-corrected chi connectivity index (χ4v) is 4.59. The summed E-state index contributed by atoms with van der Waals surface area (Å²) in [6.07, 6.45) is 11.8. The van der Waals surface area contributed by atoms with Crippen LogP contribution in [0.4, 0.5) is 10.5 Å². The minimum absolute atomic E-state index is 0.233. The summed E-state index contributed by atoms with van der Waals surface area (Å²) in [5.74, 6) is 0. The van der Waals surface area contributed by atoms with Crippen molar-refractivity contribution in [3.8, 4) is 21.6 Å². The van der Waals surface area contributed by atoms with Crippen LogP contribution < -0.4 is 10.6 Å². The van der Waals surface area contributed by atoms with Gasteiger partial charge >= 0.3 is 6.03 Å². The van der Waals surface area contributed by atoms with E-state index in [4.69, 9.17) is 0 Å². The van der Waals surface area contributed by atoms with Crippen molar-refractivity contribution in [2.75, 3.05) is 5.32 Å². The van der Waals surface area contributed by atoms with Crippen LogP contribution in [0.1, 0.15) is 12.8 Å². The second-order valence-electron chi connectivity index (χ2n) is 7.06. The largest absolute Gasteiger partial charge is 0.346 e. The highest BCUT2D eigenvalue weighted by atomic mass is 32.1. The van der Waals surface area contributed by atoms with Crippen molar-refractivity contribution in [2.45, 2.75) is 12.8 Å². The number of amides is 2. The Balaban J connectivity index is 1.36. The number of allylic oxidation sites excluding steroid dienone is 3. The van der Waals surface area contributed by atoms with Gasteiger partial charge in [-0.05, 0) is 60.2 Å². The molecule has 0 spiro atoms. The molecule has 1 aliphatic carbocycles. The minimum Gasteiger partial charge on any atom is -0.346 e. The lowest BCUT2D eigenvalue weighted by atomic mass is 10.0. The summed E-state index contributed by atoms with van der Waals surface area (Å²) in [6.45, 7) is 0. The maximum absolute atomic E-state index is 12.2. The zero-order valence-corrected chi connectivity index (χ0v) is 17.0. The van der Waals surface area contributed by atoms with Gasteiger partial charge in [-0.3, -0.25) is 0 Å². The van der Waals surface area contributed by atoms with Crippen LogP contribution in [0.5, 0.6) is 0 Å². The summed E-state index contributed by atoms with van der Waals surface area (Å²) >= 11 is 1.72. The van der Waals surface area contributed by atoms with Crippen LogP contribution in [0.25, 0.3) is 32.6 Å². The number of pyridine rings is 1. The quantitative estimate of drug-likeness (QED) is 0.367. The van der Waals surface area contributed by atoms with E-state index in [-0.39, 0.29) is 6.03 Å². The molecule has 3 heterocycles. The highest BCUT2D eigenvalue weighted by molar-refractivity contribution is 7.14. The molecule has 0 saturated carbocycles. The summed E-state index contributed by atoms with van der Waals surface area (Å²) in [4.78, 5) is 21.0. The van der Waals surface area contributed by atoms with Gasteiger partial charge in [-0.15, -0.1) is 11.3 Å². The van der Waals surface area contributed by atoms with Gasteiger partial charge in [0.2, 0.25) is 0 Å². The van der Waals surface area contributed by atoms with E-state index in [2.05, 4.69) is 50.3 Å². The predicted molar refractivity (Wildman–Crippen MR) is 123 cm³/mol. The predicted octanol–water partition coefficient (Wildman–Crippen LogP) is 6.31. The van der Waals surface area contributed by atoms with Crippen molar-refractivity contribution in [1.29, 1.82) is 0 Å². The molecule has 0 unspecified atom stereocenters. The zero-order valence-electron chi connectivity index (χ0n) is 16.2. The van der Waals surface area contributed by atoms with Gasteiger partial charge < -0.3 is 15.6 Å². The monoisotopic (exact) mass is 412 g/mol. The number of hydrogen-bond acceptors (Lipinski definition) is 3. The van der Waals surface area contributed by atoms with Gasteiger partial charge in [0, 0.05) is 45.2 Å². The molecular formula is C24H20N4OS. The van der Waals surface area contributed by atoms with E-state index < -0.39 is 0 Å². The van der Waals surface area contributed by atoms with Gasteiger partial charge in [0.05, 0.1) is 0 Å². The number of carbonyl (C=O) groups excluding carboxylic acids is 1. The van der Waals surface area contributed by atoms with Gasteiger partial charge in [0.1, 0.15) is 5.65 Å². The van der Waals surface area contributed by atoms with Crippen molar-refractivity contribution in [3.63, 3.8) is 0 Å². The molecule has 0 radical (unpaired) electrons. The molecule has 0 fully saturated rings. The Bertz CT molecular complexity index is 1260. The Morgan fingerprint density at radius 2 is 1.90 bits per heavy atom. The molecule has 6 heteroatoms. The SMILES string of the molecule is O=C(NC1=CCCC=C1)Nc1ccc(-c2ccsc2-c2ccnc3[nH]ccc23)cc1.